The second-order valence-corrected chi connectivity index (χ2v) is 8.13. The number of dihydropyridines is 1. The second kappa shape index (κ2) is 10.7. The molecule has 1 aliphatic heterocycles. The molecule has 0 fully saturated rings. The van der Waals surface area contributed by atoms with Crippen molar-refractivity contribution in [2.75, 3.05) is 34.0 Å². The summed E-state index contributed by atoms with van der Waals surface area (Å²) in [6, 6.07) is 7.30. The number of hydrogen-bond acceptors (Lipinski definition) is 8. The van der Waals surface area contributed by atoms with Crippen LogP contribution < -0.4 is 10.1 Å². The standard InChI is InChI=1S/C25H31NO7/c1-6-32-18-10-8-7-9-16(18)21-20(25(29)33-12-11-30-4)15(3)26-17-13-14(2)19(24(28)31-5)23(27)22(17)21/h7-10,14,19,21,26H,6,11-13H2,1-5H3/t14-,19-,21-/m1/s1. The number of nitrogens with one attached hydrogen (secondary N) is 1. The lowest BCUT2D eigenvalue weighted by molar-refractivity contribution is -0.151. The third-order valence-corrected chi connectivity index (χ3v) is 6.01. The zero-order valence-electron chi connectivity index (χ0n) is 19.7. The molecule has 0 radical (unpaired) electrons. The van der Waals surface area contributed by atoms with Gasteiger partial charge in [0, 0.05) is 29.6 Å². The van der Waals surface area contributed by atoms with E-state index >= 15 is 0 Å². The zero-order chi connectivity index (χ0) is 24.1. The minimum Gasteiger partial charge on any atom is -0.494 e. The number of para-hydroxylation sites is 1. The summed E-state index contributed by atoms with van der Waals surface area (Å²) in [5.41, 5.74) is 2.65. The summed E-state index contributed by atoms with van der Waals surface area (Å²) in [5.74, 6) is -2.86. The molecule has 1 aliphatic carbocycles. The van der Waals surface area contributed by atoms with E-state index in [9.17, 15) is 14.4 Å². The van der Waals surface area contributed by atoms with Crippen LogP contribution in [-0.4, -0.2) is 51.8 Å². The van der Waals surface area contributed by atoms with Crippen molar-refractivity contribution in [3.63, 3.8) is 0 Å². The smallest absolute Gasteiger partial charge is 0.336 e. The largest absolute Gasteiger partial charge is 0.494 e. The van der Waals surface area contributed by atoms with Gasteiger partial charge in [0.15, 0.2) is 5.78 Å². The Kier molecular flexibility index (Phi) is 7.92. The first-order valence-electron chi connectivity index (χ1n) is 11.1. The Labute approximate surface area is 193 Å². The average Bonchev–Trinajstić information content (AvgIpc) is 2.78. The predicted octanol–water partition coefficient (Wildman–Crippen LogP) is 2.89. The van der Waals surface area contributed by atoms with Gasteiger partial charge in [-0.25, -0.2) is 4.79 Å². The summed E-state index contributed by atoms with van der Waals surface area (Å²) in [6.07, 6.45) is 0.470. The number of methoxy groups -OCH3 is 2. The van der Waals surface area contributed by atoms with Crippen LogP contribution in [0.3, 0.4) is 0 Å². The van der Waals surface area contributed by atoms with Crippen LogP contribution in [0.25, 0.3) is 0 Å². The van der Waals surface area contributed by atoms with Crippen molar-refractivity contribution in [3.8, 4) is 5.75 Å². The maximum atomic E-state index is 13.7. The van der Waals surface area contributed by atoms with Crippen LogP contribution in [0.1, 0.15) is 38.7 Å². The number of ketones is 1. The fraction of sp³-hybridized carbons (Fsp3) is 0.480. The highest BCUT2D eigenvalue weighted by Gasteiger charge is 2.47. The molecule has 3 rings (SSSR count). The quantitative estimate of drug-likeness (QED) is 0.361. The van der Waals surface area contributed by atoms with Crippen molar-refractivity contribution in [2.45, 2.75) is 33.1 Å². The van der Waals surface area contributed by atoms with Gasteiger partial charge in [-0.15, -0.1) is 0 Å². The third-order valence-electron chi connectivity index (χ3n) is 6.01. The maximum absolute atomic E-state index is 13.7. The van der Waals surface area contributed by atoms with E-state index in [2.05, 4.69) is 5.32 Å². The summed E-state index contributed by atoms with van der Waals surface area (Å²) in [6.45, 7) is 6.25. The van der Waals surface area contributed by atoms with Gasteiger partial charge in [-0.3, -0.25) is 9.59 Å². The summed E-state index contributed by atoms with van der Waals surface area (Å²) >= 11 is 0. The van der Waals surface area contributed by atoms with E-state index in [1.54, 1.807) is 13.0 Å². The van der Waals surface area contributed by atoms with Crippen LogP contribution in [0.4, 0.5) is 0 Å². The Bertz CT molecular complexity index is 994. The van der Waals surface area contributed by atoms with E-state index in [-0.39, 0.29) is 24.9 Å². The number of carbonyl (C=O) groups is 3. The van der Waals surface area contributed by atoms with Gasteiger partial charge < -0.3 is 24.3 Å². The molecule has 0 amide bonds. The molecule has 1 N–H and O–H groups in total. The zero-order valence-corrected chi connectivity index (χ0v) is 19.7. The third kappa shape index (κ3) is 4.80. The first-order chi connectivity index (χ1) is 15.8. The van der Waals surface area contributed by atoms with Crippen molar-refractivity contribution in [1.82, 2.24) is 5.32 Å². The molecule has 3 atom stereocenters. The average molecular weight is 458 g/mol. The molecule has 8 heteroatoms. The first-order valence-corrected chi connectivity index (χ1v) is 11.1. The molecule has 0 saturated carbocycles. The molecule has 1 aromatic carbocycles. The summed E-state index contributed by atoms with van der Waals surface area (Å²) in [4.78, 5) is 39.4. The molecular weight excluding hydrogens is 426 g/mol. The molecule has 0 aromatic heterocycles. The Hall–Kier alpha value is -3.13. The van der Waals surface area contributed by atoms with E-state index in [1.165, 1.54) is 14.2 Å². The number of rotatable bonds is 8. The number of carbonyl (C=O) groups excluding carboxylic acids is 3. The first kappa shape index (κ1) is 24.5. The molecule has 1 aromatic rings. The van der Waals surface area contributed by atoms with Crippen molar-refractivity contribution in [3.05, 3.63) is 52.4 Å². The maximum Gasteiger partial charge on any atom is 0.336 e. The number of allylic oxidation sites excluding steroid dienone is 3. The lowest BCUT2D eigenvalue weighted by Gasteiger charge is -2.38. The number of hydrogen-bond donors (Lipinski definition) is 1. The van der Waals surface area contributed by atoms with Crippen LogP contribution in [0.15, 0.2) is 46.8 Å². The molecule has 1 heterocycles. The van der Waals surface area contributed by atoms with Gasteiger partial charge in [0.1, 0.15) is 18.3 Å². The van der Waals surface area contributed by atoms with Gasteiger partial charge in [-0.1, -0.05) is 25.1 Å². The lowest BCUT2D eigenvalue weighted by Crippen LogP contribution is -2.43. The van der Waals surface area contributed by atoms with E-state index in [0.717, 1.165) is 0 Å². The molecule has 8 nitrogen and oxygen atoms in total. The highest BCUT2D eigenvalue weighted by Crippen LogP contribution is 2.47. The molecule has 33 heavy (non-hydrogen) atoms. The summed E-state index contributed by atoms with van der Waals surface area (Å²) in [5, 5.41) is 3.24. The SMILES string of the molecule is CCOc1ccccc1[C@@H]1C(C(=O)OCCOC)=C(C)NC2=C1C(=O)[C@H](C(=O)OC)[C@H](C)C2. The van der Waals surface area contributed by atoms with E-state index in [0.29, 0.717) is 46.9 Å². The predicted molar refractivity (Wildman–Crippen MR) is 120 cm³/mol. The minimum atomic E-state index is -0.943. The fourth-order valence-corrected chi connectivity index (χ4v) is 4.56. The number of esters is 2. The van der Waals surface area contributed by atoms with Gasteiger partial charge >= 0.3 is 11.9 Å². The molecule has 178 valence electrons. The Morgan fingerprint density at radius 2 is 1.88 bits per heavy atom. The minimum absolute atomic E-state index is 0.0770. The molecular formula is C25H31NO7. The van der Waals surface area contributed by atoms with Crippen molar-refractivity contribution in [1.29, 1.82) is 0 Å². The fourth-order valence-electron chi connectivity index (χ4n) is 4.56. The van der Waals surface area contributed by atoms with Crippen LogP contribution in [0, 0.1) is 11.8 Å². The van der Waals surface area contributed by atoms with Gasteiger partial charge in [-0.05, 0) is 32.3 Å². The van der Waals surface area contributed by atoms with Crippen molar-refractivity contribution >= 4 is 17.7 Å². The number of ether oxygens (including phenoxy) is 4. The van der Waals surface area contributed by atoms with Crippen molar-refractivity contribution < 1.29 is 33.3 Å². The monoisotopic (exact) mass is 457 g/mol. The Morgan fingerprint density at radius 3 is 2.55 bits per heavy atom. The van der Waals surface area contributed by atoms with Gasteiger partial charge in [0.05, 0.1) is 31.8 Å². The molecule has 2 aliphatic rings. The highest BCUT2D eigenvalue weighted by molar-refractivity contribution is 6.12. The van der Waals surface area contributed by atoms with Crippen molar-refractivity contribution in [2.24, 2.45) is 11.8 Å². The van der Waals surface area contributed by atoms with E-state index in [4.69, 9.17) is 18.9 Å². The molecule has 0 unspecified atom stereocenters. The Balaban J connectivity index is 2.17. The normalized spacial score (nSPS) is 22.5. The van der Waals surface area contributed by atoms with Crippen LogP contribution in [-0.2, 0) is 28.6 Å². The molecule has 0 bridgehead atoms. The summed E-state index contributed by atoms with van der Waals surface area (Å²) < 4.78 is 21.2. The van der Waals surface area contributed by atoms with Crippen LogP contribution in [0.5, 0.6) is 5.75 Å². The van der Waals surface area contributed by atoms with Gasteiger partial charge in [0.2, 0.25) is 0 Å². The highest BCUT2D eigenvalue weighted by atomic mass is 16.6. The van der Waals surface area contributed by atoms with E-state index in [1.807, 2.05) is 32.0 Å². The lowest BCUT2D eigenvalue weighted by atomic mass is 9.69. The molecule has 0 spiro atoms. The summed E-state index contributed by atoms with van der Waals surface area (Å²) in [7, 11) is 2.80. The van der Waals surface area contributed by atoms with Crippen LogP contribution >= 0.6 is 0 Å². The number of Topliss-reactive ketones (excluding diaryl/α,β-unsaturated/α-hetero) is 1. The second-order valence-electron chi connectivity index (χ2n) is 8.13. The topological polar surface area (TPSA) is 100 Å². The van der Waals surface area contributed by atoms with Crippen LogP contribution in [0.2, 0.25) is 0 Å². The Morgan fingerprint density at radius 1 is 1.15 bits per heavy atom. The van der Waals surface area contributed by atoms with E-state index < -0.39 is 23.8 Å². The van der Waals surface area contributed by atoms with Gasteiger partial charge in [-0.2, -0.15) is 0 Å². The van der Waals surface area contributed by atoms with Gasteiger partial charge in [0.25, 0.3) is 0 Å². The number of benzene rings is 1. The molecule has 0 saturated heterocycles.